The molecule has 1 aromatic carbocycles. The van der Waals surface area contributed by atoms with Gasteiger partial charge < -0.3 is 10.1 Å². The van der Waals surface area contributed by atoms with Crippen molar-refractivity contribution in [2.24, 2.45) is 0 Å². The summed E-state index contributed by atoms with van der Waals surface area (Å²) in [6.45, 7) is 0. The van der Waals surface area contributed by atoms with Crippen molar-refractivity contribution in [3.8, 4) is 5.82 Å². The monoisotopic (exact) mass is 384 g/mol. The SMILES string of the molecule is COC(=O)C[C@H](NC(=O)c1ccc(-n2ccnc2)nc1)c1ccccc1Cl. The molecule has 3 rings (SSSR count). The molecule has 3 aromatic rings. The van der Waals surface area contributed by atoms with Gasteiger partial charge in [-0.25, -0.2) is 9.97 Å². The van der Waals surface area contributed by atoms with Gasteiger partial charge in [0.1, 0.15) is 12.1 Å². The predicted octanol–water partition coefficient (Wildman–Crippen LogP) is 2.95. The van der Waals surface area contributed by atoms with Crippen molar-refractivity contribution in [1.82, 2.24) is 19.9 Å². The zero-order valence-corrected chi connectivity index (χ0v) is 15.3. The van der Waals surface area contributed by atoms with E-state index < -0.39 is 12.0 Å². The van der Waals surface area contributed by atoms with E-state index in [1.54, 1.807) is 59.7 Å². The largest absolute Gasteiger partial charge is 0.469 e. The van der Waals surface area contributed by atoms with Gasteiger partial charge in [0.05, 0.1) is 25.1 Å². The molecular formula is C19H17ClN4O3. The Hall–Kier alpha value is -3.19. The zero-order valence-electron chi connectivity index (χ0n) is 14.5. The number of imidazole rings is 1. The molecule has 0 unspecified atom stereocenters. The number of halogens is 1. The third-order valence-corrected chi connectivity index (χ3v) is 4.31. The number of carbonyl (C=O) groups is 2. The molecular weight excluding hydrogens is 368 g/mol. The number of pyridine rings is 1. The molecule has 7 nitrogen and oxygen atoms in total. The summed E-state index contributed by atoms with van der Waals surface area (Å²) >= 11 is 6.23. The van der Waals surface area contributed by atoms with Gasteiger partial charge in [-0.1, -0.05) is 29.8 Å². The van der Waals surface area contributed by atoms with Crippen LogP contribution in [-0.2, 0) is 9.53 Å². The van der Waals surface area contributed by atoms with Crippen LogP contribution in [0.25, 0.3) is 5.82 Å². The Kier molecular flexibility index (Phi) is 5.83. The highest BCUT2D eigenvalue weighted by molar-refractivity contribution is 6.31. The van der Waals surface area contributed by atoms with Gasteiger partial charge in [-0.3, -0.25) is 14.2 Å². The van der Waals surface area contributed by atoms with Crippen LogP contribution in [0.2, 0.25) is 5.02 Å². The Morgan fingerprint density at radius 2 is 2.07 bits per heavy atom. The molecule has 0 fully saturated rings. The maximum absolute atomic E-state index is 12.6. The van der Waals surface area contributed by atoms with E-state index in [0.29, 0.717) is 22.0 Å². The second-order valence-corrected chi connectivity index (χ2v) is 6.11. The Labute approximate surface area is 161 Å². The van der Waals surface area contributed by atoms with Crippen molar-refractivity contribution >= 4 is 23.5 Å². The van der Waals surface area contributed by atoms with E-state index in [0.717, 1.165) is 0 Å². The molecule has 0 bridgehead atoms. The van der Waals surface area contributed by atoms with Crippen molar-refractivity contribution in [2.75, 3.05) is 7.11 Å². The molecule has 0 spiro atoms. The Morgan fingerprint density at radius 3 is 2.70 bits per heavy atom. The molecule has 1 amide bonds. The topological polar surface area (TPSA) is 86.1 Å². The molecule has 0 aliphatic heterocycles. The van der Waals surface area contributed by atoms with Gasteiger partial charge in [0.25, 0.3) is 5.91 Å². The normalized spacial score (nSPS) is 11.6. The highest BCUT2D eigenvalue weighted by atomic mass is 35.5. The number of carbonyl (C=O) groups excluding carboxylic acids is 2. The number of esters is 1. The van der Waals surface area contributed by atoms with E-state index in [2.05, 4.69) is 15.3 Å². The fraction of sp³-hybridized carbons (Fsp3) is 0.158. The number of amides is 1. The fourth-order valence-corrected chi connectivity index (χ4v) is 2.82. The fourth-order valence-electron chi connectivity index (χ4n) is 2.56. The number of hydrogen-bond acceptors (Lipinski definition) is 5. The molecule has 0 saturated heterocycles. The van der Waals surface area contributed by atoms with Crippen LogP contribution in [0.1, 0.15) is 28.4 Å². The van der Waals surface area contributed by atoms with Gasteiger partial charge >= 0.3 is 5.97 Å². The van der Waals surface area contributed by atoms with Gasteiger partial charge in [0, 0.05) is 23.6 Å². The smallest absolute Gasteiger partial charge is 0.307 e. The highest BCUT2D eigenvalue weighted by Crippen LogP contribution is 2.25. The molecule has 2 heterocycles. The average molecular weight is 385 g/mol. The van der Waals surface area contributed by atoms with Crippen LogP contribution in [0, 0.1) is 0 Å². The Morgan fingerprint density at radius 1 is 1.26 bits per heavy atom. The molecule has 1 atom stereocenters. The number of aromatic nitrogens is 3. The number of benzene rings is 1. The molecule has 0 saturated carbocycles. The van der Waals surface area contributed by atoms with Crippen molar-refractivity contribution in [1.29, 1.82) is 0 Å². The average Bonchev–Trinajstić information content (AvgIpc) is 3.22. The first-order valence-corrected chi connectivity index (χ1v) is 8.52. The molecule has 1 N–H and O–H groups in total. The van der Waals surface area contributed by atoms with E-state index in [4.69, 9.17) is 16.3 Å². The highest BCUT2D eigenvalue weighted by Gasteiger charge is 2.22. The second-order valence-electron chi connectivity index (χ2n) is 5.70. The molecule has 0 aliphatic rings. The minimum Gasteiger partial charge on any atom is -0.469 e. The summed E-state index contributed by atoms with van der Waals surface area (Å²) in [7, 11) is 1.30. The number of rotatable bonds is 6. The van der Waals surface area contributed by atoms with Gasteiger partial charge in [0.15, 0.2) is 0 Å². The standard InChI is InChI=1S/C19H17ClN4O3/c1-27-18(25)10-16(14-4-2-3-5-15(14)20)23-19(26)13-6-7-17(22-11-13)24-9-8-21-12-24/h2-9,11-12,16H,10H2,1H3,(H,23,26)/t16-/m0/s1. The summed E-state index contributed by atoms with van der Waals surface area (Å²) in [6.07, 6.45) is 6.44. The van der Waals surface area contributed by atoms with E-state index in [1.807, 2.05) is 0 Å². The minimum absolute atomic E-state index is 0.0352. The molecule has 138 valence electrons. The minimum atomic E-state index is -0.619. The van der Waals surface area contributed by atoms with Gasteiger partial charge in [-0.05, 0) is 23.8 Å². The first-order valence-electron chi connectivity index (χ1n) is 8.15. The van der Waals surface area contributed by atoms with Crippen LogP contribution >= 0.6 is 11.6 Å². The lowest BCUT2D eigenvalue weighted by Gasteiger charge is -2.19. The van der Waals surface area contributed by atoms with E-state index in [9.17, 15) is 9.59 Å². The van der Waals surface area contributed by atoms with Crippen LogP contribution in [-0.4, -0.2) is 33.5 Å². The van der Waals surface area contributed by atoms with Crippen LogP contribution < -0.4 is 5.32 Å². The number of nitrogens with zero attached hydrogens (tertiary/aromatic N) is 3. The third kappa shape index (κ3) is 4.51. The molecule has 0 aliphatic carbocycles. The Balaban J connectivity index is 1.79. The number of methoxy groups -OCH3 is 1. The summed E-state index contributed by atoms with van der Waals surface area (Å²) in [5.41, 5.74) is 1.00. The summed E-state index contributed by atoms with van der Waals surface area (Å²) < 4.78 is 6.46. The van der Waals surface area contributed by atoms with Crippen molar-refractivity contribution in [2.45, 2.75) is 12.5 Å². The zero-order chi connectivity index (χ0) is 19.2. The summed E-state index contributed by atoms with van der Waals surface area (Å²) in [5, 5.41) is 3.29. The number of ether oxygens (including phenoxy) is 1. The van der Waals surface area contributed by atoms with Crippen LogP contribution in [0.4, 0.5) is 0 Å². The first kappa shape index (κ1) is 18.6. The van der Waals surface area contributed by atoms with Crippen LogP contribution in [0.5, 0.6) is 0 Å². The first-order chi connectivity index (χ1) is 13.1. The molecule has 2 aromatic heterocycles. The van der Waals surface area contributed by atoms with Crippen LogP contribution in [0.15, 0.2) is 61.3 Å². The summed E-state index contributed by atoms with van der Waals surface area (Å²) in [4.78, 5) is 32.6. The van der Waals surface area contributed by atoms with Crippen molar-refractivity contribution in [3.05, 3.63) is 77.5 Å². The quantitative estimate of drug-likeness (QED) is 0.660. The number of nitrogens with one attached hydrogen (secondary N) is 1. The van der Waals surface area contributed by atoms with Gasteiger partial charge in [0.2, 0.25) is 0 Å². The maximum atomic E-state index is 12.6. The molecule has 0 radical (unpaired) electrons. The second kappa shape index (κ2) is 8.46. The van der Waals surface area contributed by atoms with Crippen LogP contribution in [0.3, 0.4) is 0 Å². The van der Waals surface area contributed by atoms with Crippen molar-refractivity contribution in [3.63, 3.8) is 0 Å². The molecule has 27 heavy (non-hydrogen) atoms. The van der Waals surface area contributed by atoms with Crippen molar-refractivity contribution < 1.29 is 14.3 Å². The third-order valence-electron chi connectivity index (χ3n) is 3.96. The predicted molar refractivity (Wildman–Crippen MR) is 99.7 cm³/mol. The van der Waals surface area contributed by atoms with E-state index in [-0.39, 0.29) is 12.3 Å². The van der Waals surface area contributed by atoms with E-state index in [1.165, 1.54) is 13.3 Å². The Bertz CT molecular complexity index is 926. The summed E-state index contributed by atoms with van der Waals surface area (Å²) in [5.74, 6) is -0.177. The molecule has 8 heteroatoms. The number of hydrogen-bond donors (Lipinski definition) is 1. The van der Waals surface area contributed by atoms with E-state index >= 15 is 0 Å². The maximum Gasteiger partial charge on any atom is 0.307 e. The van der Waals surface area contributed by atoms with Gasteiger partial charge in [-0.2, -0.15) is 0 Å². The van der Waals surface area contributed by atoms with Gasteiger partial charge in [-0.15, -0.1) is 0 Å². The lowest BCUT2D eigenvalue weighted by Crippen LogP contribution is -2.30. The lowest BCUT2D eigenvalue weighted by atomic mass is 10.0. The lowest BCUT2D eigenvalue weighted by molar-refractivity contribution is -0.141. The summed E-state index contributed by atoms with van der Waals surface area (Å²) in [6, 6.07) is 9.78.